The fourth-order valence-electron chi connectivity index (χ4n) is 2.93. The minimum absolute atomic E-state index is 0.323. The van der Waals surface area contributed by atoms with Gasteiger partial charge in [-0.25, -0.2) is 0 Å². The Balaban J connectivity index is 2.89. The van der Waals surface area contributed by atoms with Gasteiger partial charge in [0.2, 0.25) is 6.41 Å². The zero-order valence-electron chi connectivity index (χ0n) is 16.7. The van der Waals surface area contributed by atoms with Crippen LogP contribution in [0, 0.1) is 0 Å². The molecule has 1 rings (SSSR count). The third kappa shape index (κ3) is 6.11. The summed E-state index contributed by atoms with van der Waals surface area (Å²) >= 11 is 0. The summed E-state index contributed by atoms with van der Waals surface area (Å²) in [6, 6.07) is 7.60. The van der Waals surface area contributed by atoms with Crippen molar-refractivity contribution in [2.45, 2.75) is 58.8 Å². The molecule has 0 heterocycles. The van der Waals surface area contributed by atoms with Crippen LogP contribution < -0.4 is 4.74 Å². The van der Waals surface area contributed by atoms with Crippen LogP contribution in [0.2, 0.25) is 0 Å². The summed E-state index contributed by atoms with van der Waals surface area (Å²) in [5, 5.41) is 0. The van der Waals surface area contributed by atoms with Crippen molar-refractivity contribution < 1.29 is 23.1 Å². The fraction of sp³-hybridized carbons (Fsp3) is 0.632. The van der Waals surface area contributed by atoms with Gasteiger partial charge in [-0.05, 0) is 51.8 Å². The number of benzene rings is 1. The Morgan fingerprint density at radius 1 is 1.15 bits per heavy atom. The fourth-order valence-corrected chi connectivity index (χ4v) is 4.90. The molecular weight excluding hydrogens is 353 g/mol. The molecule has 26 heavy (non-hydrogen) atoms. The van der Waals surface area contributed by atoms with Crippen LogP contribution >= 0.6 is 7.60 Å². The van der Waals surface area contributed by atoms with Crippen LogP contribution in [0.15, 0.2) is 24.3 Å². The van der Waals surface area contributed by atoms with Crippen LogP contribution in [-0.4, -0.2) is 42.8 Å². The summed E-state index contributed by atoms with van der Waals surface area (Å²) in [5.74, 6) is 0.772. The van der Waals surface area contributed by atoms with Gasteiger partial charge in [0.15, 0.2) is 0 Å². The molecule has 1 aromatic carbocycles. The average Bonchev–Trinajstić information content (AvgIpc) is 2.60. The van der Waals surface area contributed by atoms with Crippen molar-refractivity contribution in [1.82, 2.24) is 4.90 Å². The highest BCUT2D eigenvalue weighted by molar-refractivity contribution is 7.54. The van der Waals surface area contributed by atoms with Crippen molar-refractivity contribution in [1.29, 1.82) is 0 Å². The van der Waals surface area contributed by atoms with Crippen molar-refractivity contribution in [2.24, 2.45) is 0 Å². The maximum Gasteiger partial charge on any atom is 0.333 e. The van der Waals surface area contributed by atoms with Gasteiger partial charge in [0, 0.05) is 12.1 Å². The van der Waals surface area contributed by atoms with E-state index in [-0.39, 0.29) is 5.66 Å². The molecule has 0 saturated carbocycles. The molecule has 1 amide bonds. The highest BCUT2D eigenvalue weighted by Crippen LogP contribution is 2.55. The number of nitrogens with zero attached hydrogens (tertiary/aromatic N) is 1. The summed E-state index contributed by atoms with van der Waals surface area (Å²) in [6.07, 6.45) is 1.34. The van der Waals surface area contributed by atoms with E-state index in [1.54, 1.807) is 25.9 Å². The number of carbonyl (C=O) groups excluding carboxylic acids is 1. The van der Waals surface area contributed by atoms with E-state index in [0.29, 0.717) is 26.2 Å². The Labute approximate surface area is 157 Å². The van der Waals surface area contributed by atoms with Gasteiger partial charge in [0.25, 0.3) is 0 Å². The minimum Gasteiger partial charge on any atom is -0.497 e. The zero-order valence-corrected chi connectivity index (χ0v) is 17.6. The number of hydrogen-bond acceptors (Lipinski definition) is 5. The molecule has 1 unspecified atom stereocenters. The van der Waals surface area contributed by atoms with E-state index in [4.69, 9.17) is 13.8 Å². The van der Waals surface area contributed by atoms with Crippen molar-refractivity contribution >= 4 is 14.0 Å². The van der Waals surface area contributed by atoms with E-state index in [1.807, 2.05) is 45.0 Å². The van der Waals surface area contributed by atoms with Crippen molar-refractivity contribution in [3.05, 3.63) is 29.8 Å². The molecule has 0 bridgehead atoms. The predicted molar refractivity (Wildman–Crippen MR) is 104 cm³/mol. The first-order valence-electron chi connectivity index (χ1n) is 8.96. The molecule has 148 valence electrons. The smallest absolute Gasteiger partial charge is 0.333 e. The molecule has 0 aliphatic rings. The normalized spacial score (nSPS) is 13.3. The lowest BCUT2D eigenvalue weighted by Gasteiger charge is -2.39. The highest BCUT2D eigenvalue weighted by Gasteiger charge is 2.38. The Morgan fingerprint density at radius 2 is 1.69 bits per heavy atom. The number of amides is 1. The molecule has 0 radical (unpaired) electrons. The van der Waals surface area contributed by atoms with Gasteiger partial charge in [-0.3, -0.25) is 9.36 Å². The maximum absolute atomic E-state index is 13.0. The first-order chi connectivity index (χ1) is 12.2. The van der Waals surface area contributed by atoms with E-state index >= 15 is 0 Å². The molecule has 0 spiro atoms. The highest BCUT2D eigenvalue weighted by atomic mass is 31.2. The van der Waals surface area contributed by atoms with E-state index < -0.39 is 13.1 Å². The molecular formula is C19H32NO5P. The Bertz CT molecular complexity index is 592. The standard InChI is InChI=1S/C19H32NO5P/c1-7-24-26(22,25-8-2)16(3)13-19(4,5)20(15-21)14-17-9-11-18(23-6)12-10-17/h9-12,15-16H,7-8,13-14H2,1-6H3. The van der Waals surface area contributed by atoms with E-state index in [9.17, 15) is 9.36 Å². The van der Waals surface area contributed by atoms with Gasteiger partial charge in [-0.15, -0.1) is 0 Å². The quantitative estimate of drug-likeness (QED) is 0.392. The van der Waals surface area contributed by atoms with Crippen LogP contribution in [0.1, 0.15) is 46.6 Å². The zero-order chi connectivity index (χ0) is 19.8. The summed E-state index contributed by atoms with van der Waals surface area (Å²) in [7, 11) is -1.59. The minimum atomic E-state index is -3.21. The van der Waals surface area contributed by atoms with E-state index in [1.165, 1.54) is 0 Å². The van der Waals surface area contributed by atoms with Gasteiger partial charge in [-0.1, -0.05) is 19.1 Å². The largest absolute Gasteiger partial charge is 0.497 e. The average molecular weight is 385 g/mol. The molecule has 0 aliphatic heterocycles. The van der Waals surface area contributed by atoms with Crippen LogP contribution in [0.25, 0.3) is 0 Å². The molecule has 0 aliphatic carbocycles. The molecule has 0 saturated heterocycles. The van der Waals surface area contributed by atoms with Crippen LogP contribution in [0.4, 0.5) is 0 Å². The second kappa shape index (κ2) is 10.1. The topological polar surface area (TPSA) is 65.1 Å². The molecule has 1 atom stereocenters. The molecule has 6 nitrogen and oxygen atoms in total. The van der Waals surface area contributed by atoms with Gasteiger partial charge in [0.05, 0.1) is 26.0 Å². The van der Waals surface area contributed by atoms with Crippen LogP contribution in [-0.2, 0) is 25.0 Å². The lowest BCUT2D eigenvalue weighted by Crippen LogP contribution is -2.44. The summed E-state index contributed by atoms with van der Waals surface area (Å²) in [5.41, 5.74) is 0.164. The van der Waals surface area contributed by atoms with Crippen molar-refractivity contribution in [3.8, 4) is 5.75 Å². The number of hydrogen-bond donors (Lipinski definition) is 0. The van der Waals surface area contributed by atoms with Gasteiger partial charge in [0.1, 0.15) is 5.75 Å². The second-order valence-corrected chi connectivity index (χ2v) is 9.30. The number of ether oxygens (including phenoxy) is 1. The number of rotatable bonds is 12. The summed E-state index contributed by atoms with van der Waals surface area (Å²) in [4.78, 5) is 13.4. The number of methoxy groups -OCH3 is 1. The number of carbonyl (C=O) groups is 1. The lowest BCUT2D eigenvalue weighted by molar-refractivity contribution is -0.123. The second-order valence-electron chi connectivity index (χ2n) is 6.82. The van der Waals surface area contributed by atoms with Gasteiger partial charge in [-0.2, -0.15) is 0 Å². The maximum atomic E-state index is 13.0. The predicted octanol–water partition coefficient (Wildman–Crippen LogP) is 4.48. The molecule has 0 fully saturated rings. The molecule has 0 N–H and O–H groups in total. The Morgan fingerprint density at radius 3 is 2.12 bits per heavy atom. The first-order valence-corrected chi connectivity index (χ1v) is 10.6. The third-order valence-corrected chi connectivity index (χ3v) is 6.87. The van der Waals surface area contributed by atoms with Gasteiger partial charge >= 0.3 is 7.60 Å². The van der Waals surface area contributed by atoms with E-state index in [0.717, 1.165) is 17.7 Å². The van der Waals surface area contributed by atoms with Crippen molar-refractivity contribution in [3.63, 3.8) is 0 Å². The van der Waals surface area contributed by atoms with Crippen LogP contribution in [0.3, 0.4) is 0 Å². The monoisotopic (exact) mass is 385 g/mol. The molecule has 0 aromatic heterocycles. The lowest BCUT2D eigenvalue weighted by atomic mass is 9.96. The van der Waals surface area contributed by atoms with E-state index in [2.05, 4.69) is 0 Å². The first kappa shape index (κ1) is 22.7. The van der Waals surface area contributed by atoms with Crippen molar-refractivity contribution in [2.75, 3.05) is 20.3 Å². The summed E-state index contributed by atoms with van der Waals surface area (Å²) < 4.78 is 29.0. The Hall–Kier alpha value is -1.36. The van der Waals surface area contributed by atoms with Gasteiger partial charge < -0.3 is 18.7 Å². The molecule has 7 heteroatoms. The Kier molecular flexibility index (Phi) is 8.81. The third-order valence-electron chi connectivity index (χ3n) is 4.37. The molecule has 1 aromatic rings. The SMILES string of the molecule is CCOP(=O)(OCC)C(C)CC(C)(C)N(C=O)Cc1ccc(OC)cc1. The summed E-state index contributed by atoms with van der Waals surface area (Å²) in [6.45, 7) is 10.5. The van der Waals surface area contributed by atoms with Crippen LogP contribution in [0.5, 0.6) is 5.75 Å².